The topological polar surface area (TPSA) is 307 Å². The van der Waals surface area contributed by atoms with Crippen LogP contribution in [0.5, 0.6) is 0 Å². The normalized spacial score (nSPS) is 27.3. The molecule has 1 amide bonds. The van der Waals surface area contributed by atoms with Crippen LogP contribution in [0.2, 0.25) is 0 Å². The van der Waals surface area contributed by atoms with Crippen LogP contribution in [0.25, 0.3) is 0 Å². The van der Waals surface area contributed by atoms with Gasteiger partial charge in [-0.15, -0.1) is 0 Å². The molecule has 3 rings (SSSR count). The fourth-order valence-corrected chi connectivity index (χ4v) is 13.8. The van der Waals surface area contributed by atoms with E-state index in [0.29, 0.717) is 12.8 Å². The molecule has 0 aromatic heterocycles. The maximum atomic E-state index is 13.5. The minimum atomic E-state index is -1.97. The summed E-state index contributed by atoms with van der Waals surface area (Å²) in [6.45, 7) is 1.86. The van der Waals surface area contributed by atoms with Crippen molar-refractivity contribution < 1.29 is 89.4 Å². The van der Waals surface area contributed by atoms with Gasteiger partial charge in [-0.25, -0.2) is 0 Å². The number of carbonyl (C=O) groups is 1. The van der Waals surface area contributed by atoms with Crippen LogP contribution in [-0.2, 0) is 33.2 Å². The average Bonchev–Trinajstić information content (AvgIpc) is 0.788. The molecule has 3 aliphatic heterocycles. The van der Waals surface area contributed by atoms with E-state index in [4.69, 9.17) is 28.4 Å². The second-order valence-corrected chi connectivity index (χ2v) is 28.5. The molecule has 0 saturated carbocycles. The van der Waals surface area contributed by atoms with Crippen LogP contribution in [0.4, 0.5) is 0 Å². The Bertz CT molecular complexity index is 1700. The smallest absolute Gasteiger partial charge is 0.220 e. The lowest BCUT2D eigenvalue weighted by Crippen LogP contribution is -2.66. The predicted molar refractivity (Wildman–Crippen MR) is 370 cm³/mol. The molecule has 19 heteroatoms. The lowest BCUT2D eigenvalue weighted by molar-refractivity contribution is -0.379. The van der Waals surface area contributed by atoms with Crippen molar-refractivity contribution in [3.8, 4) is 0 Å². The third kappa shape index (κ3) is 38.0. The van der Waals surface area contributed by atoms with Gasteiger partial charge in [-0.05, 0) is 12.8 Å². The van der Waals surface area contributed by atoms with Crippen LogP contribution < -0.4 is 5.32 Å². The monoisotopic (exact) mass is 1350 g/mol. The largest absolute Gasteiger partial charge is 0.394 e. The minimum absolute atomic E-state index is 0.234. The molecule has 0 aliphatic carbocycles. The van der Waals surface area contributed by atoms with Crippen LogP contribution in [0.3, 0.4) is 0 Å². The molecule has 17 unspecified atom stereocenters. The summed E-state index contributed by atoms with van der Waals surface area (Å²) in [4.78, 5) is 13.5. The molecule has 3 fully saturated rings. The molecule has 3 heterocycles. The number of rotatable bonds is 63. The quantitative estimate of drug-likeness (QED) is 0.0252. The summed E-state index contributed by atoms with van der Waals surface area (Å²) in [5, 5.41) is 121. The summed E-state index contributed by atoms with van der Waals surface area (Å²) < 4.78 is 34.5. The summed E-state index contributed by atoms with van der Waals surface area (Å²) in [5.74, 6) is -0.234. The number of carbonyl (C=O) groups excluding carboxylic acids is 1. The Kier molecular flexibility index (Phi) is 53.1. The molecule has 12 N–H and O–H groups in total. The Hall–Kier alpha value is -1.21. The Morgan fingerprint density at radius 1 is 0.340 bits per heavy atom. The molecule has 19 nitrogen and oxygen atoms in total. The molecule has 0 radical (unpaired) electrons. The van der Waals surface area contributed by atoms with Gasteiger partial charge in [0, 0.05) is 6.42 Å². The lowest BCUT2D eigenvalue weighted by Gasteiger charge is -2.48. The zero-order valence-corrected chi connectivity index (χ0v) is 59.5. The summed E-state index contributed by atoms with van der Waals surface area (Å²) in [6.07, 6.45) is 37.8. The first-order valence-corrected chi connectivity index (χ1v) is 39.3. The van der Waals surface area contributed by atoms with Crippen molar-refractivity contribution >= 4 is 5.91 Å². The van der Waals surface area contributed by atoms with Gasteiger partial charge in [-0.3, -0.25) is 4.79 Å². The van der Waals surface area contributed by atoms with Gasteiger partial charge in [0.25, 0.3) is 0 Å². The first kappa shape index (κ1) is 87.0. The van der Waals surface area contributed by atoms with Crippen molar-refractivity contribution in [2.75, 3.05) is 26.4 Å². The Morgan fingerprint density at radius 3 is 0.926 bits per heavy atom. The van der Waals surface area contributed by atoms with Crippen molar-refractivity contribution in [3.05, 3.63) is 0 Å². The summed E-state index contributed by atoms with van der Waals surface area (Å²) in [7, 11) is 0. The van der Waals surface area contributed by atoms with Crippen LogP contribution >= 0.6 is 0 Å². The molecular weight excluding hydrogens is 1200 g/mol. The lowest BCUT2D eigenvalue weighted by atomic mass is 9.96. The molecule has 94 heavy (non-hydrogen) atoms. The molecule has 0 aromatic rings. The molecule has 17 atom stereocenters. The van der Waals surface area contributed by atoms with Gasteiger partial charge in [0.2, 0.25) is 5.91 Å². The number of amides is 1. The van der Waals surface area contributed by atoms with Crippen LogP contribution in [-0.4, -0.2) is 193 Å². The Balaban J connectivity index is 1.34. The van der Waals surface area contributed by atoms with E-state index in [9.17, 15) is 61.0 Å². The molecule has 0 aromatic carbocycles. The highest BCUT2D eigenvalue weighted by Crippen LogP contribution is 2.33. The Morgan fingerprint density at radius 2 is 0.606 bits per heavy atom. The zero-order chi connectivity index (χ0) is 68.2. The summed E-state index contributed by atoms with van der Waals surface area (Å²) in [6, 6.07) is -0.882. The van der Waals surface area contributed by atoms with E-state index in [0.717, 1.165) is 44.9 Å². The van der Waals surface area contributed by atoms with E-state index in [1.54, 1.807) is 0 Å². The van der Waals surface area contributed by atoms with Gasteiger partial charge < -0.3 is 89.9 Å². The third-order valence-corrected chi connectivity index (χ3v) is 20.2. The zero-order valence-electron chi connectivity index (χ0n) is 59.5. The fourth-order valence-electron chi connectivity index (χ4n) is 13.8. The number of nitrogens with one attached hydrogen (secondary N) is 1. The molecule has 0 bridgehead atoms. The SMILES string of the molecule is CCCCCCCCCCCCCCCCCCCCCCCCCCCCCCCCCCC(=O)NC(COC1OC(CO)C(OC2OC(CO)C(OC3OC(CO)C(O)C(O)C3O)C(O)C2O)C(O)C1O)C(O)CCCCCCCCCCCCCCCCCCC. The number of unbranched alkanes of at least 4 members (excludes halogenated alkanes) is 47. The molecule has 3 aliphatic rings. The minimum Gasteiger partial charge on any atom is -0.394 e. The second-order valence-electron chi connectivity index (χ2n) is 28.5. The van der Waals surface area contributed by atoms with Crippen molar-refractivity contribution in [3.63, 3.8) is 0 Å². The van der Waals surface area contributed by atoms with E-state index < -0.39 is 124 Å². The van der Waals surface area contributed by atoms with E-state index in [1.807, 2.05) is 0 Å². The number of aliphatic hydroxyl groups is 11. The van der Waals surface area contributed by atoms with Crippen LogP contribution in [0.15, 0.2) is 0 Å². The molecule has 0 spiro atoms. The Labute approximate surface area is 570 Å². The van der Waals surface area contributed by atoms with E-state index in [-0.39, 0.29) is 18.9 Å². The van der Waals surface area contributed by atoms with Crippen molar-refractivity contribution in [1.82, 2.24) is 5.32 Å². The maximum absolute atomic E-state index is 13.5. The van der Waals surface area contributed by atoms with Crippen LogP contribution in [0.1, 0.15) is 341 Å². The maximum Gasteiger partial charge on any atom is 0.220 e. The average molecular weight is 1350 g/mol. The summed E-state index contributed by atoms with van der Waals surface area (Å²) in [5.41, 5.74) is 0. The fraction of sp³-hybridized carbons (Fsp3) is 0.987. The van der Waals surface area contributed by atoms with E-state index >= 15 is 0 Å². The predicted octanol–water partition coefficient (Wildman–Crippen LogP) is 12.2. The van der Waals surface area contributed by atoms with Gasteiger partial charge in [-0.2, -0.15) is 0 Å². The van der Waals surface area contributed by atoms with E-state index in [1.165, 1.54) is 263 Å². The molecule has 558 valence electrons. The van der Waals surface area contributed by atoms with Gasteiger partial charge in [0.15, 0.2) is 18.9 Å². The van der Waals surface area contributed by atoms with Gasteiger partial charge in [0.05, 0.1) is 38.6 Å². The number of hydrogen-bond donors (Lipinski definition) is 12. The van der Waals surface area contributed by atoms with Crippen molar-refractivity contribution in [2.24, 2.45) is 0 Å². The highest BCUT2D eigenvalue weighted by Gasteiger charge is 2.54. The van der Waals surface area contributed by atoms with Crippen molar-refractivity contribution in [2.45, 2.75) is 446 Å². The van der Waals surface area contributed by atoms with E-state index in [2.05, 4.69) is 19.2 Å². The van der Waals surface area contributed by atoms with Crippen molar-refractivity contribution in [1.29, 1.82) is 0 Å². The summed E-state index contributed by atoms with van der Waals surface area (Å²) >= 11 is 0. The first-order valence-electron chi connectivity index (χ1n) is 39.3. The number of aliphatic hydroxyl groups excluding tert-OH is 11. The first-order chi connectivity index (χ1) is 45.8. The van der Waals surface area contributed by atoms with Gasteiger partial charge in [0.1, 0.15) is 73.2 Å². The second kappa shape index (κ2) is 57.4. The standard InChI is InChI=1S/C75H145NO18/c1-3-5-7-9-11-13-15-17-19-21-22-23-24-25-26-27-28-29-30-31-32-33-34-35-37-39-41-43-45-47-49-51-53-63(81)76-58(59(80)52-50-48-46-44-42-40-38-36-20-18-16-14-12-10-8-6-4-2)57-89-73-69(87)66(84)71(61(55-78)91-73)94-75-70(88)67(85)72(62(56-79)92-75)93-74-68(86)65(83)64(82)60(54-77)90-74/h58-62,64-75,77-80,82-88H,3-57H2,1-2H3,(H,76,81). The molecular formula is C75H145NO18. The van der Waals surface area contributed by atoms with Crippen LogP contribution in [0, 0.1) is 0 Å². The highest BCUT2D eigenvalue weighted by atomic mass is 16.8. The number of ether oxygens (including phenoxy) is 6. The highest BCUT2D eigenvalue weighted by molar-refractivity contribution is 5.76. The van der Waals surface area contributed by atoms with Gasteiger partial charge >= 0.3 is 0 Å². The number of hydrogen-bond acceptors (Lipinski definition) is 18. The molecule has 3 saturated heterocycles. The van der Waals surface area contributed by atoms with Gasteiger partial charge in [-0.1, -0.05) is 322 Å². The third-order valence-electron chi connectivity index (χ3n) is 20.2.